The fourth-order valence-electron chi connectivity index (χ4n) is 3.34. The second kappa shape index (κ2) is 7.53. The lowest BCUT2D eigenvalue weighted by atomic mass is 9.91. The lowest BCUT2D eigenvalue weighted by molar-refractivity contribution is 0.0601. The van der Waals surface area contributed by atoms with Crippen LogP contribution in [0.4, 0.5) is 5.69 Å². The van der Waals surface area contributed by atoms with Crippen LogP contribution >= 0.6 is 0 Å². The first-order valence-corrected chi connectivity index (χ1v) is 8.82. The van der Waals surface area contributed by atoms with Gasteiger partial charge < -0.3 is 19.2 Å². The standard InChI is InChI=1S/C21H20N2O4/c1-25-21(24)18-4-7-22-12-19(18)23-11-15-6-9-27-20-10-14(2-3-17(15)20)16-5-8-26-13-16/h2-5,7-8,10,12-13,15,23H,6,9,11H2,1H3. The first kappa shape index (κ1) is 17.1. The van der Waals surface area contributed by atoms with Gasteiger partial charge in [-0.05, 0) is 35.7 Å². The summed E-state index contributed by atoms with van der Waals surface area (Å²) in [6, 6.07) is 9.82. The van der Waals surface area contributed by atoms with Gasteiger partial charge in [0, 0.05) is 24.2 Å². The number of pyridine rings is 1. The van der Waals surface area contributed by atoms with Crippen molar-refractivity contribution in [3.8, 4) is 16.9 Å². The summed E-state index contributed by atoms with van der Waals surface area (Å²) in [7, 11) is 1.37. The van der Waals surface area contributed by atoms with E-state index in [1.165, 1.54) is 7.11 Å². The number of nitrogens with zero attached hydrogens (tertiary/aromatic N) is 1. The predicted molar refractivity (Wildman–Crippen MR) is 101 cm³/mol. The van der Waals surface area contributed by atoms with E-state index >= 15 is 0 Å². The van der Waals surface area contributed by atoms with E-state index in [-0.39, 0.29) is 11.9 Å². The number of methoxy groups -OCH3 is 1. The molecule has 0 radical (unpaired) electrons. The molecule has 1 aromatic carbocycles. The normalized spacial score (nSPS) is 15.5. The number of ether oxygens (including phenoxy) is 2. The zero-order valence-electron chi connectivity index (χ0n) is 15.0. The van der Waals surface area contributed by atoms with Crippen molar-refractivity contribution < 1.29 is 18.7 Å². The average Bonchev–Trinajstić information content (AvgIpc) is 3.26. The molecule has 6 heteroatoms. The van der Waals surface area contributed by atoms with Gasteiger partial charge in [0.2, 0.25) is 0 Å². The summed E-state index contributed by atoms with van der Waals surface area (Å²) in [4.78, 5) is 16.0. The highest BCUT2D eigenvalue weighted by atomic mass is 16.5. The number of esters is 1. The van der Waals surface area contributed by atoms with E-state index in [1.807, 2.05) is 6.07 Å². The topological polar surface area (TPSA) is 73.6 Å². The first-order valence-electron chi connectivity index (χ1n) is 8.82. The number of carbonyl (C=O) groups excluding carboxylic acids is 1. The number of anilines is 1. The smallest absolute Gasteiger partial charge is 0.340 e. The number of fused-ring (bicyclic) bond motifs is 1. The Labute approximate surface area is 157 Å². The molecular formula is C21H20N2O4. The summed E-state index contributed by atoms with van der Waals surface area (Å²) in [5.74, 6) is 0.793. The molecule has 6 nitrogen and oxygen atoms in total. The maximum atomic E-state index is 11.9. The van der Waals surface area contributed by atoms with Crippen LogP contribution in [0.1, 0.15) is 28.3 Å². The van der Waals surface area contributed by atoms with Crippen LogP contribution in [-0.2, 0) is 4.74 Å². The maximum Gasteiger partial charge on any atom is 0.340 e. The molecule has 0 saturated heterocycles. The average molecular weight is 364 g/mol. The Bertz CT molecular complexity index is 937. The van der Waals surface area contributed by atoms with E-state index in [2.05, 4.69) is 28.5 Å². The van der Waals surface area contributed by atoms with Crippen molar-refractivity contribution in [1.82, 2.24) is 4.98 Å². The number of nitrogens with one attached hydrogen (secondary N) is 1. The largest absolute Gasteiger partial charge is 0.493 e. The first-order chi connectivity index (χ1) is 13.3. The minimum Gasteiger partial charge on any atom is -0.493 e. The summed E-state index contributed by atoms with van der Waals surface area (Å²) in [5, 5.41) is 3.35. The number of carbonyl (C=O) groups is 1. The second-order valence-electron chi connectivity index (χ2n) is 6.39. The molecule has 4 rings (SSSR count). The van der Waals surface area contributed by atoms with E-state index < -0.39 is 0 Å². The fourth-order valence-corrected chi connectivity index (χ4v) is 3.34. The molecule has 0 saturated carbocycles. The molecule has 138 valence electrons. The van der Waals surface area contributed by atoms with Crippen molar-refractivity contribution in [2.24, 2.45) is 0 Å². The quantitative estimate of drug-likeness (QED) is 0.687. The molecule has 27 heavy (non-hydrogen) atoms. The minimum atomic E-state index is -0.378. The summed E-state index contributed by atoms with van der Waals surface area (Å²) < 4.78 is 15.9. The van der Waals surface area contributed by atoms with Crippen molar-refractivity contribution in [1.29, 1.82) is 0 Å². The van der Waals surface area contributed by atoms with Gasteiger partial charge in [-0.1, -0.05) is 12.1 Å². The summed E-state index contributed by atoms with van der Waals surface area (Å²) in [6.45, 7) is 1.34. The van der Waals surface area contributed by atoms with Crippen LogP contribution in [0.25, 0.3) is 11.1 Å². The Balaban J connectivity index is 1.53. The van der Waals surface area contributed by atoms with Crippen LogP contribution in [0.3, 0.4) is 0 Å². The number of benzene rings is 1. The molecule has 0 bridgehead atoms. The monoisotopic (exact) mass is 364 g/mol. The van der Waals surface area contributed by atoms with E-state index in [1.54, 1.807) is 31.0 Å². The molecule has 1 unspecified atom stereocenters. The molecule has 3 aromatic rings. The highest BCUT2D eigenvalue weighted by Crippen LogP contribution is 2.37. The minimum absolute atomic E-state index is 0.276. The fraction of sp³-hybridized carbons (Fsp3) is 0.238. The summed E-state index contributed by atoms with van der Waals surface area (Å²) in [6.07, 6.45) is 7.52. The van der Waals surface area contributed by atoms with E-state index in [4.69, 9.17) is 13.9 Å². The van der Waals surface area contributed by atoms with Gasteiger partial charge in [0.15, 0.2) is 0 Å². The SMILES string of the molecule is COC(=O)c1ccncc1NCC1CCOc2cc(-c3ccoc3)ccc21. The van der Waals surface area contributed by atoms with E-state index in [9.17, 15) is 4.79 Å². The maximum absolute atomic E-state index is 11.9. The van der Waals surface area contributed by atoms with Gasteiger partial charge in [-0.2, -0.15) is 0 Å². The third kappa shape index (κ3) is 3.51. The predicted octanol–water partition coefficient (Wildman–Crippen LogP) is 4.11. The number of furan rings is 1. The number of rotatable bonds is 5. The van der Waals surface area contributed by atoms with Gasteiger partial charge in [-0.3, -0.25) is 4.98 Å². The summed E-state index contributed by atoms with van der Waals surface area (Å²) >= 11 is 0. The molecular weight excluding hydrogens is 344 g/mol. The molecule has 0 aliphatic carbocycles. The third-order valence-corrected chi connectivity index (χ3v) is 4.80. The zero-order valence-corrected chi connectivity index (χ0v) is 15.0. The zero-order chi connectivity index (χ0) is 18.6. The lowest BCUT2D eigenvalue weighted by Gasteiger charge is -2.27. The Kier molecular flexibility index (Phi) is 4.78. The number of hydrogen-bond acceptors (Lipinski definition) is 6. The van der Waals surface area contributed by atoms with Crippen LogP contribution in [0.5, 0.6) is 5.75 Å². The Hall–Kier alpha value is -3.28. The second-order valence-corrected chi connectivity index (χ2v) is 6.39. The van der Waals surface area contributed by atoms with Crippen molar-refractivity contribution in [2.75, 3.05) is 25.6 Å². The van der Waals surface area contributed by atoms with Crippen molar-refractivity contribution in [3.05, 3.63) is 66.4 Å². The van der Waals surface area contributed by atoms with Crippen LogP contribution in [0, 0.1) is 0 Å². The Morgan fingerprint density at radius 2 is 2.22 bits per heavy atom. The molecule has 1 aliphatic rings. The van der Waals surface area contributed by atoms with Gasteiger partial charge in [0.05, 0.1) is 43.7 Å². The Morgan fingerprint density at radius 3 is 3.04 bits per heavy atom. The number of aromatic nitrogens is 1. The lowest BCUT2D eigenvalue weighted by Crippen LogP contribution is -2.21. The highest BCUT2D eigenvalue weighted by Gasteiger charge is 2.23. The van der Waals surface area contributed by atoms with Crippen molar-refractivity contribution in [3.63, 3.8) is 0 Å². The molecule has 0 amide bonds. The molecule has 1 aliphatic heterocycles. The van der Waals surface area contributed by atoms with Gasteiger partial charge in [0.1, 0.15) is 5.75 Å². The van der Waals surface area contributed by atoms with Gasteiger partial charge in [-0.15, -0.1) is 0 Å². The van der Waals surface area contributed by atoms with Crippen LogP contribution in [0.15, 0.2) is 59.7 Å². The molecule has 0 fully saturated rings. The Morgan fingerprint density at radius 1 is 1.30 bits per heavy atom. The molecule has 1 N–H and O–H groups in total. The van der Waals surface area contributed by atoms with Crippen molar-refractivity contribution >= 4 is 11.7 Å². The molecule has 2 aromatic heterocycles. The van der Waals surface area contributed by atoms with E-state index in [0.29, 0.717) is 24.4 Å². The van der Waals surface area contributed by atoms with Gasteiger partial charge >= 0.3 is 5.97 Å². The van der Waals surface area contributed by atoms with Crippen LogP contribution < -0.4 is 10.1 Å². The van der Waals surface area contributed by atoms with E-state index in [0.717, 1.165) is 28.9 Å². The van der Waals surface area contributed by atoms with Crippen LogP contribution in [-0.4, -0.2) is 31.2 Å². The third-order valence-electron chi connectivity index (χ3n) is 4.80. The number of hydrogen-bond donors (Lipinski definition) is 1. The summed E-state index contributed by atoms with van der Waals surface area (Å²) in [5.41, 5.74) is 4.41. The molecule has 3 heterocycles. The van der Waals surface area contributed by atoms with Gasteiger partial charge in [0.25, 0.3) is 0 Å². The molecule has 1 atom stereocenters. The van der Waals surface area contributed by atoms with Gasteiger partial charge in [-0.25, -0.2) is 4.79 Å². The molecule has 0 spiro atoms. The van der Waals surface area contributed by atoms with Crippen molar-refractivity contribution in [2.45, 2.75) is 12.3 Å². The van der Waals surface area contributed by atoms with Crippen LogP contribution in [0.2, 0.25) is 0 Å². The highest BCUT2D eigenvalue weighted by molar-refractivity contribution is 5.95.